The molecule has 0 saturated carbocycles. The van der Waals surface area contributed by atoms with E-state index in [4.69, 9.17) is 4.42 Å². The zero-order valence-electron chi connectivity index (χ0n) is 11.1. The molecule has 0 aliphatic heterocycles. The van der Waals surface area contributed by atoms with Gasteiger partial charge < -0.3 is 4.42 Å². The van der Waals surface area contributed by atoms with E-state index in [1.54, 1.807) is 0 Å². The van der Waals surface area contributed by atoms with Crippen molar-refractivity contribution in [1.29, 1.82) is 0 Å². The summed E-state index contributed by atoms with van der Waals surface area (Å²) in [6.45, 7) is 2.08. The van der Waals surface area contributed by atoms with E-state index in [2.05, 4.69) is 36.2 Å². The lowest BCUT2D eigenvalue weighted by molar-refractivity contribution is 0.669. The number of fused-ring (bicyclic) bond motifs is 3. The molecule has 2 aromatic carbocycles. The second-order valence-electron chi connectivity index (χ2n) is 5.00. The first-order chi connectivity index (χ1) is 9.83. The van der Waals surface area contributed by atoms with Crippen molar-refractivity contribution in [3.05, 3.63) is 66.5 Å². The molecule has 0 spiro atoms. The summed E-state index contributed by atoms with van der Waals surface area (Å²) in [7, 11) is 0. The van der Waals surface area contributed by atoms with E-state index in [-0.39, 0.29) is 0 Å². The minimum atomic E-state index is 0.932. The van der Waals surface area contributed by atoms with Gasteiger partial charge in [-0.15, -0.1) is 0 Å². The molecule has 0 aliphatic carbocycles. The summed E-state index contributed by atoms with van der Waals surface area (Å²) < 4.78 is 5.86. The number of para-hydroxylation sites is 1. The Morgan fingerprint density at radius 3 is 2.65 bits per heavy atom. The molecule has 0 radical (unpaired) electrons. The van der Waals surface area contributed by atoms with Crippen molar-refractivity contribution < 1.29 is 4.42 Å². The van der Waals surface area contributed by atoms with Crippen molar-refractivity contribution in [2.24, 2.45) is 0 Å². The lowest BCUT2D eigenvalue weighted by Crippen LogP contribution is -1.84. The van der Waals surface area contributed by atoms with Crippen molar-refractivity contribution >= 4 is 21.9 Å². The standard InChI is InChI=1S/C18H13NO/c1-12-11-19-9-8-14(12)13-6-7-18-16(10-13)15-4-2-3-5-17(15)20-18/h2-11H,1H3. The van der Waals surface area contributed by atoms with Crippen LogP contribution in [0.5, 0.6) is 0 Å². The minimum Gasteiger partial charge on any atom is -0.456 e. The van der Waals surface area contributed by atoms with Gasteiger partial charge in [0.15, 0.2) is 0 Å². The van der Waals surface area contributed by atoms with E-state index in [0.717, 1.165) is 21.9 Å². The van der Waals surface area contributed by atoms with Crippen LogP contribution in [0.4, 0.5) is 0 Å². The van der Waals surface area contributed by atoms with Crippen LogP contribution < -0.4 is 0 Å². The van der Waals surface area contributed by atoms with Crippen LogP contribution in [0.25, 0.3) is 33.1 Å². The number of hydrogen-bond donors (Lipinski definition) is 0. The van der Waals surface area contributed by atoms with Crippen LogP contribution >= 0.6 is 0 Å². The third kappa shape index (κ3) is 1.62. The first-order valence-electron chi connectivity index (χ1n) is 6.65. The Hall–Kier alpha value is -2.61. The maximum Gasteiger partial charge on any atom is 0.135 e. The highest BCUT2D eigenvalue weighted by Crippen LogP contribution is 2.32. The van der Waals surface area contributed by atoms with Crippen molar-refractivity contribution in [3.8, 4) is 11.1 Å². The van der Waals surface area contributed by atoms with E-state index in [1.807, 2.05) is 36.7 Å². The fraction of sp³-hybridized carbons (Fsp3) is 0.0556. The van der Waals surface area contributed by atoms with Gasteiger partial charge in [0.25, 0.3) is 0 Å². The van der Waals surface area contributed by atoms with Crippen LogP contribution in [0.2, 0.25) is 0 Å². The second kappa shape index (κ2) is 4.20. The van der Waals surface area contributed by atoms with Gasteiger partial charge in [-0.25, -0.2) is 0 Å². The molecule has 0 bridgehead atoms. The number of pyridine rings is 1. The molecule has 2 heterocycles. The predicted molar refractivity (Wildman–Crippen MR) is 81.7 cm³/mol. The highest BCUT2D eigenvalue weighted by molar-refractivity contribution is 6.06. The van der Waals surface area contributed by atoms with Gasteiger partial charge in [-0.3, -0.25) is 4.98 Å². The monoisotopic (exact) mass is 259 g/mol. The van der Waals surface area contributed by atoms with Crippen LogP contribution in [0.3, 0.4) is 0 Å². The van der Waals surface area contributed by atoms with E-state index in [9.17, 15) is 0 Å². The first kappa shape index (κ1) is 11.2. The molecule has 2 aromatic heterocycles. The lowest BCUT2D eigenvalue weighted by atomic mass is 10.0. The number of aryl methyl sites for hydroxylation is 1. The number of benzene rings is 2. The highest BCUT2D eigenvalue weighted by Gasteiger charge is 2.08. The van der Waals surface area contributed by atoms with Gasteiger partial charge in [-0.05, 0) is 47.9 Å². The van der Waals surface area contributed by atoms with Crippen LogP contribution in [-0.4, -0.2) is 4.98 Å². The van der Waals surface area contributed by atoms with E-state index < -0.39 is 0 Å². The molecule has 96 valence electrons. The molecular weight excluding hydrogens is 246 g/mol. The maximum absolute atomic E-state index is 5.86. The average Bonchev–Trinajstić information content (AvgIpc) is 2.85. The van der Waals surface area contributed by atoms with Crippen molar-refractivity contribution in [1.82, 2.24) is 4.98 Å². The molecule has 2 nitrogen and oxygen atoms in total. The molecule has 0 N–H and O–H groups in total. The molecule has 0 aliphatic rings. The summed E-state index contributed by atoms with van der Waals surface area (Å²) in [5.41, 5.74) is 5.46. The zero-order valence-corrected chi connectivity index (χ0v) is 11.1. The molecule has 0 fully saturated rings. The highest BCUT2D eigenvalue weighted by atomic mass is 16.3. The molecule has 0 unspecified atom stereocenters. The predicted octanol–water partition coefficient (Wildman–Crippen LogP) is 4.96. The Bertz CT molecular complexity index is 921. The van der Waals surface area contributed by atoms with E-state index in [0.29, 0.717) is 0 Å². The SMILES string of the molecule is Cc1cnccc1-c1ccc2oc3ccccc3c2c1. The Labute approximate surface area is 116 Å². The van der Waals surface area contributed by atoms with Crippen LogP contribution in [-0.2, 0) is 0 Å². The lowest BCUT2D eigenvalue weighted by Gasteiger charge is -2.04. The van der Waals surface area contributed by atoms with Crippen molar-refractivity contribution in [2.45, 2.75) is 6.92 Å². The smallest absolute Gasteiger partial charge is 0.135 e. The van der Waals surface area contributed by atoms with E-state index >= 15 is 0 Å². The number of hydrogen-bond acceptors (Lipinski definition) is 2. The summed E-state index contributed by atoms with van der Waals surface area (Å²) >= 11 is 0. The number of rotatable bonds is 1. The number of aromatic nitrogens is 1. The van der Waals surface area contributed by atoms with Gasteiger partial charge in [-0.2, -0.15) is 0 Å². The Balaban J connectivity index is 2.03. The Morgan fingerprint density at radius 2 is 1.75 bits per heavy atom. The summed E-state index contributed by atoms with van der Waals surface area (Å²) in [5, 5.41) is 2.32. The molecule has 2 heteroatoms. The quantitative estimate of drug-likeness (QED) is 0.483. The third-order valence-electron chi connectivity index (χ3n) is 3.71. The van der Waals surface area contributed by atoms with Gasteiger partial charge >= 0.3 is 0 Å². The normalized spacial score (nSPS) is 11.2. The summed E-state index contributed by atoms with van der Waals surface area (Å²) in [4.78, 5) is 4.15. The number of nitrogens with zero attached hydrogens (tertiary/aromatic N) is 1. The van der Waals surface area contributed by atoms with Gasteiger partial charge in [-0.1, -0.05) is 24.3 Å². The van der Waals surface area contributed by atoms with Crippen LogP contribution in [0.15, 0.2) is 65.3 Å². The largest absolute Gasteiger partial charge is 0.456 e. The Morgan fingerprint density at radius 1 is 0.900 bits per heavy atom. The van der Waals surface area contributed by atoms with Gasteiger partial charge in [0, 0.05) is 23.2 Å². The molecule has 0 atom stereocenters. The van der Waals surface area contributed by atoms with Crippen LogP contribution in [0.1, 0.15) is 5.56 Å². The number of furan rings is 1. The molecule has 0 amide bonds. The van der Waals surface area contributed by atoms with E-state index in [1.165, 1.54) is 16.7 Å². The average molecular weight is 259 g/mol. The molecule has 20 heavy (non-hydrogen) atoms. The van der Waals surface area contributed by atoms with Gasteiger partial charge in [0.2, 0.25) is 0 Å². The maximum atomic E-state index is 5.86. The topological polar surface area (TPSA) is 26.0 Å². The summed E-state index contributed by atoms with van der Waals surface area (Å²) in [6, 6.07) is 16.6. The zero-order chi connectivity index (χ0) is 13.5. The second-order valence-corrected chi connectivity index (χ2v) is 5.00. The van der Waals surface area contributed by atoms with Gasteiger partial charge in [0.05, 0.1) is 0 Å². The molecule has 4 rings (SSSR count). The minimum absolute atomic E-state index is 0.932. The third-order valence-corrected chi connectivity index (χ3v) is 3.71. The Kier molecular flexibility index (Phi) is 2.36. The molecule has 0 saturated heterocycles. The van der Waals surface area contributed by atoms with Gasteiger partial charge in [0.1, 0.15) is 11.2 Å². The summed E-state index contributed by atoms with van der Waals surface area (Å²) in [6.07, 6.45) is 3.73. The van der Waals surface area contributed by atoms with Crippen LogP contribution in [0, 0.1) is 6.92 Å². The van der Waals surface area contributed by atoms with Crippen molar-refractivity contribution in [2.75, 3.05) is 0 Å². The fourth-order valence-corrected chi connectivity index (χ4v) is 2.69. The fourth-order valence-electron chi connectivity index (χ4n) is 2.69. The summed E-state index contributed by atoms with van der Waals surface area (Å²) in [5.74, 6) is 0. The van der Waals surface area contributed by atoms with Crippen molar-refractivity contribution in [3.63, 3.8) is 0 Å². The molecule has 4 aromatic rings. The first-order valence-corrected chi connectivity index (χ1v) is 6.65. The molecular formula is C18H13NO.